The summed E-state index contributed by atoms with van der Waals surface area (Å²) in [6.45, 7) is 1.67. The number of methoxy groups -OCH3 is 1. The van der Waals surface area contributed by atoms with E-state index >= 15 is 0 Å². The standard InChI is InChI=1S/C15H21NO6/c1-4-21-15(19)13(5-6-17)22-12-8-10(14(18)16-2)7-11(9-12)20-3/h7-9,13,17H,4-6H2,1-3H3,(H,16,18). The predicted molar refractivity (Wildman–Crippen MR) is 79.1 cm³/mol. The summed E-state index contributed by atoms with van der Waals surface area (Å²) in [5.74, 6) is -0.174. The number of aliphatic hydroxyl groups excluding tert-OH is 1. The molecular formula is C15H21NO6. The summed E-state index contributed by atoms with van der Waals surface area (Å²) in [5, 5.41) is 11.5. The van der Waals surface area contributed by atoms with E-state index in [-0.39, 0.29) is 31.3 Å². The highest BCUT2D eigenvalue weighted by Crippen LogP contribution is 2.24. The molecule has 0 saturated heterocycles. The molecule has 122 valence electrons. The van der Waals surface area contributed by atoms with Crippen LogP contribution in [0.25, 0.3) is 0 Å². The average Bonchev–Trinajstić information content (AvgIpc) is 2.53. The van der Waals surface area contributed by atoms with Crippen LogP contribution in [0.3, 0.4) is 0 Å². The number of carbonyl (C=O) groups excluding carboxylic acids is 2. The van der Waals surface area contributed by atoms with Crippen molar-refractivity contribution < 1.29 is 28.9 Å². The van der Waals surface area contributed by atoms with Gasteiger partial charge in [-0.2, -0.15) is 0 Å². The van der Waals surface area contributed by atoms with Crippen LogP contribution in [0.2, 0.25) is 0 Å². The summed E-state index contributed by atoms with van der Waals surface area (Å²) in [7, 11) is 2.97. The van der Waals surface area contributed by atoms with Gasteiger partial charge in [0.15, 0.2) is 6.10 Å². The Bertz CT molecular complexity index is 517. The minimum atomic E-state index is -0.949. The number of hydrogen-bond acceptors (Lipinski definition) is 6. The minimum Gasteiger partial charge on any atom is -0.497 e. The lowest BCUT2D eigenvalue weighted by Gasteiger charge is -2.18. The van der Waals surface area contributed by atoms with E-state index in [2.05, 4.69) is 5.32 Å². The summed E-state index contributed by atoms with van der Waals surface area (Å²) in [5.41, 5.74) is 0.337. The van der Waals surface area contributed by atoms with Crippen LogP contribution in [0.5, 0.6) is 11.5 Å². The fourth-order valence-electron chi connectivity index (χ4n) is 1.77. The molecular weight excluding hydrogens is 290 g/mol. The SMILES string of the molecule is CCOC(=O)C(CCO)Oc1cc(OC)cc(C(=O)NC)c1. The maximum atomic E-state index is 11.8. The molecule has 1 unspecified atom stereocenters. The van der Waals surface area contributed by atoms with Crippen LogP contribution in [-0.4, -0.2) is 50.5 Å². The third-order valence-corrected chi connectivity index (χ3v) is 2.82. The van der Waals surface area contributed by atoms with E-state index in [1.54, 1.807) is 19.1 Å². The van der Waals surface area contributed by atoms with Crippen LogP contribution < -0.4 is 14.8 Å². The molecule has 7 heteroatoms. The molecule has 0 spiro atoms. The van der Waals surface area contributed by atoms with Crippen LogP contribution >= 0.6 is 0 Å². The van der Waals surface area contributed by atoms with Gasteiger partial charge in [-0.05, 0) is 19.1 Å². The highest BCUT2D eigenvalue weighted by molar-refractivity contribution is 5.94. The lowest BCUT2D eigenvalue weighted by atomic mass is 10.2. The van der Waals surface area contributed by atoms with E-state index in [1.807, 2.05) is 0 Å². The van der Waals surface area contributed by atoms with Crippen molar-refractivity contribution in [2.75, 3.05) is 27.4 Å². The van der Waals surface area contributed by atoms with Gasteiger partial charge in [-0.1, -0.05) is 0 Å². The number of aliphatic hydroxyl groups is 1. The van der Waals surface area contributed by atoms with E-state index in [1.165, 1.54) is 20.2 Å². The van der Waals surface area contributed by atoms with Crippen molar-refractivity contribution in [1.82, 2.24) is 5.32 Å². The molecule has 0 aliphatic heterocycles. The molecule has 0 bridgehead atoms. The molecule has 1 rings (SSSR count). The number of hydrogen-bond donors (Lipinski definition) is 2. The van der Waals surface area contributed by atoms with Gasteiger partial charge in [0.05, 0.1) is 13.7 Å². The monoisotopic (exact) mass is 311 g/mol. The van der Waals surface area contributed by atoms with Gasteiger partial charge in [0.2, 0.25) is 0 Å². The van der Waals surface area contributed by atoms with Gasteiger partial charge in [-0.25, -0.2) is 4.79 Å². The number of amides is 1. The average molecular weight is 311 g/mol. The Balaban J connectivity index is 3.02. The fraction of sp³-hybridized carbons (Fsp3) is 0.467. The molecule has 2 N–H and O–H groups in total. The number of benzene rings is 1. The first-order valence-electron chi connectivity index (χ1n) is 6.91. The normalized spacial score (nSPS) is 11.5. The third kappa shape index (κ3) is 4.92. The van der Waals surface area contributed by atoms with Crippen molar-refractivity contribution in [3.63, 3.8) is 0 Å². The first kappa shape index (κ1) is 17.8. The summed E-state index contributed by atoms with van der Waals surface area (Å²) in [6, 6.07) is 4.60. The zero-order valence-electron chi connectivity index (χ0n) is 12.9. The minimum absolute atomic E-state index is 0.0886. The molecule has 0 radical (unpaired) electrons. The summed E-state index contributed by atoms with van der Waals surface area (Å²) < 4.78 is 15.6. The molecule has 0 fully saturated rings. The molecule has 0 aliphatic rings. The van der Waals surface area contributed by atoms with Gasteiger partial charge >= 0.3 is 5.97 Å². The first-order chi connectivity index (χ1) is 10.5. The van der Waals surface area contributed by atoms with Crippen molar-refractivity contribution >= 4 is 11.9 Å². The molecule has 1 amide bonds. The van der Waals surface area contributed by atoms with Crippen LogP contribution in [0.1, 0.15) is 23.7 Å². The van der Waals surface area contributed by atoms with Crippen molar-refractivity contribution in [3.8, 4) is 11.5 Å². The summed E-state index contributed by atoms with van der Waals surface area (Å²) >= 11 is 0. The maximum Gasteiger partial charge on any atom is 0.347 e. The summed E-state index contributed by atoms with van der Waals surface area (Å²) in [4.78, 5) is 23.5. The Morgan fingerprint density at radius 3 is 2.50 bits per heavy atom. The molecule has 22 heavy (non-hydrogen) atoms. The Labute approximate surface area is 129 Å². The number of carbonyl (C=O) groups is 2. The van der Waals surface area contributed by atoms with Gasteiger partial charge in [0, 0.05) is 31.7 Å². The van der Waals surface area contributed by atoms with Crippen molar-refractivity contribution in [1.29, 1.82) is 0 Å². The number of esters is 1. The third-order valence-electron chi connectivity index (χ3n) is 2.82. The quantitative estimate of drug-likeness (QED) is 0.688. The highest BCUT2D eigenvalue weighted by Gasteiger charge is 2.22. The molecule has 0 aromatic heterocycles. The highest BCUT2D eigenvalue weighted by atomic mass is 16.6. The Kier molecular flexibility index (Phi) is 7.18. The Morgan fingerprint density at radius 1 is 1.27 bits per heavy atom. The van der Waals surface area contributed by atoms with Crippen LogP contribution in [0, 0.1) is 0 Å². The molecule has 1 aromatic rings. The summed E-state index contributed by atoms with van der Waals surface area (Å²) in [6.07, 6.45) is -0.861. The van der Waals surface area contributed by atoms with Crippen molar-refractivity contribution in [2.45, 2.75) is 19.4 Å². The largest absolute Gasteiger partial charge is 0.497 e. The van der Waals surface area contributed by atoms with Gasteiger partial charge in [-0.3, -0.25) is 4.79 Å². The molecule has 1 aromatic carbocycles. The zero-order chi connectivity index (χ0) is 16.5. The van der Waals surface area contributed by atoms with E-state index in [4.69, 9.17) is 19.3 Å². The molecule has 0 heterocycles. The van der Waals surface area contributed by atoms with Crippen LogP contribution in [0.4, 0.5) is 0 Å². The lowest BCUT2D eigenvalue weighted by molar-refractivity contribution is -0.152. The molecule has 7 nitrogen and oxygen atoms in total. The van der Waals surface area contributed by atoms with E-state index in [0.29, 0.717) is 11.3 Å². The second-order valence-corrected chi connectivity index (χ2v) is 4.35. The second-order valence-electron chi connectivity index (χ2n) is 4.35. The van der Waals surface area contributed by atoms with Crippen molar-refractivity contribution in [3.05, 3.63) is 23.8 Å². The topological polar surface area (TPSA) is 94.1 Å². The maximum absolute atomic E-state index is 11.8. The van der Waals surface area contributed by atoms with Crippen LogP contribution in [-0.2, 0) is 9.53 Å². The van der Waals surface area contributed by atoms with E-state index in [9.17, 15) is 9.59 Å². The van der Waals surface area contributed by atoms with Gasteiger partial charge < -0.3 is 24.6 Å². The zero-order valence-corrected chi connectivity index (χ0v) is 12.9. The Morgan fingerprint density at radius 2 is 1.95 bits per heavy atom. The van der Waals surface area contributed by atoms with Crippen LogP contribution in [0.15, 0.2) is 18.2 Å². The lowest BCUT2D eigenvalue weighted by Crippen LogP contribution is -2.30. The molecule has 1 atom stereocenters. The van der Waals surface area contributed by atoms with Crippen molar-refractivity contribution in [2.24, 2.45) is 0 Å². The van der Waals surface area contributed by atoms with Gasteiger partial charge in [0.25, 0.3) is 5.91 Å². The first-order valence-corrected chi connectivity index (χ1v) is 6.91. The fourth-order valence-corrected chi connectivity index (χ4v) is 1.77. The second kappa shape index (κ2) is 8.89. The molecule has 0 saturated carbocycles. The van der Waals surface area contributed by atoms with E-state index in [0.717, 1.165) is 0 Å². The number of nitrogens with one attached hydrogen (secondary N) is 1. The predicted octanol–water partition coefficient (Wildman–Crippen LogP) is 0.748. The van der Waals surface area contributed by atoms with Gasteiger partial charge in [0.1, 0.15) is 11.5 Å². The smallest absolute Gasteiger partial charge is 0.347 e. The van der Waals surface area contributed by atoms with Gasteiger partial charge in [-0.15, -0.1) is 0 Å². The molecule has 0 aliphatic carbocycles. The van der Waals surface area contributed by atoms with E-state index < -0.39 is 12.1 Å². The number of rotatable bonds is 8. The Hall–Kier alpha value is -2.28. The number of ether oxygens (including phenoxy) is 3.